The Bertz CT molecular complexity index is 419. The van der Waals surface area contributed by atoms with Crippen LogP contribution in [0.3, 0.4) is 0 Å². The van der Waals surface area contributed by atoms with Crippen LogP contribution in [0.25, 0.3) is 0 Å². The summed E-state index contributed by atoms with van der Waals surface area (Å²) in [4.78, 5) is 2.41. The zero-order valence-corrected chi connectivity index (χ0v) is 11.1. The summed E-state index contributed by atoms with van der Waals surface area (Å²) in [5.41, 5.74) is 2.87. The van der Waals surface area contributed by atoms with Crippen molar-refractivity contribution in [2.24, 2.45) is 0 Å². The van der Waals surface area contributed by atoms with Gasteiger partial charge in [-0.2, -0.15) is 0 Å². The first kappa shape index (κ1) is 12.0. The smallest absolute Gasteiger partial charge is 0.119 e. The number of hydrogen-bond acceptors (Lipinski definition) is 3. The fraction of sp³-hybridized carbons (Fsp3) is 0.600. The maximum Gasteiger partial charge on any atom is 0.119 e. The molecule has 98 valence electrons. The maximum absolute atomic E-state index is 5.96. The number of benzene rings is 1. The maximum atomic E-state index is 5.96. The van der Waals surface area contributed by atoms with Crippen LogP contribution in [-0.4, -0.2) is 37.7 Å². The van der Waals surface area contributed by atoms with E-state index < -0.39 is 0 Å². The molecule has 0 bridgehead atoms. The molecule has 3 nitrogen and oxygen atoms in total. The quantitative estimate of drug-likeness (QED) is 0.880. The average molecular weight is 246 g/mol. The fourth-order valence-corrected chi connectivity index (χ4v) is 2.93. The van der Waals surface area contributed by atoms with Gasteiger partial charge in [-0.25, -0.2) is 0 Å². The van der Waals surface area contributed by atoms with Crippen molar-refractivity contribution in [1.82, 2.24) is 10.2 Å². The predicted octanol–water partition coefficient (Wildman–Crippen LogP) is 1.81. The van der Waals surface area contributed by atoms with E-state index in [2.05, 4.69) is 35.5 Å². The van der Waals surface area contributed by atoms with E-state index in [0.29, 0.717) is 6.04 Å². The Morgan fingerprint density at radius 3 is 3.17 bits per heavy atom. The van der Waals surface area contributed by atoms with Crippen molar-refractivity contribution in [3.8, 4) is 5.75 Å². The number of likely N-dealkylation sites (N-methyl/N-ethyl adjacent to an activating group) is 1. The van der Waals surface area contributed by atoms with E-state index in [1.54, 1.807) is 0 Å². The van der Waals surface area contributed by atoms with Gasteiger partial charge in [0.25, 0.3) is 0 Å². The van der Waals surface area contributed by atoms with Crippen molar-refractivity contribution in [1.29, 1.82) is 0 Å². The Kier molecular flexibility index (Phi) is 3.52. The number of fused-ring (bicyclic) bond motifs is 1. The third-order valence-corrected chi connectivity index (χ3v) is 4.18. The Morgan fingerprint density at radius 2 is 2.33 bits per heavy atom. The van der Waals surface area contributed by atoms with E-state index in [0.717, 1.165) is 31.9 Å². The van der Waals surface area contributed by atoms with Crippen LogP contribution in [0.2, 0.25) is 0 Å². The minimum atomic E-state index is 0.600. The number of hydrogen-bond donors (Lipinski definition) is 1. The van der Waals surface area contributed by atoms with Crippen LogP contribution in [0.4, 0.5) is 0 Å². The van der Waals surface area contributed by atoms with Crippen LogP contribution >= 0.6 is 0 Å². The Balaban J connectivity index is 1.62. The molecule has 1 saturated heterocycles. The molecule has 2 heterocycles. The van der Waals surface area contributed by atoms with E-state index in [9.17, 15) is 0 Å². The molecule has 1 atom stereocenters. The van der Waals surface area contributed by atoms with Crippen LogP contribution < -0.4 is 10.1 Å². The van der Waals surface area contributed by atoms with Crippen molar-refractivity contribution >= 4 is 0 Å². The second-order valence-electron chi connectivity index (χ2n) is 5.44. The van der Waals surface area contributed by atoms with Gasteiger partial charge in [-0.05, 0) is 62.7 Å². The van der Waals surface area contributed by atoms with Gasteiger partial charge in [-0.3, -0.25) is 0 Å². The van der Waals surface area contributed by atoms with Gasteiger partial charge in [0.2, 0.25) is 0 Å². The second kappa shape index (κ2) is 5.29. The highest BCUT2D eigenvalue weighted by Crippen LogP contribution is 2.22. The van der Waals surface area contributed by atoms with Crippen molar-refractivity contribution in [3.05, 3.63) is 29.3 Å². The lowest BCUT2D eigenvalue weighted by Gasteiger charge is -2.21. The number of ether oxygens (including phenoxy) is 1. The zero-order chi connectivity index (χ0) is 12.4. The number of nitrogens with zero attached hydrogens (tertiary/aromatic N) is 1. The molecule has 0 saturated carbocycles. The van der Waals surface area contributed by atoms with Crippen LogP contribution in [0, 0.1) is 0 Å². The van der Waals surface area contributed by atoms with Crippen LogP contribution in [0.15, 0.2) is 18.2 Å². The Labute approximate surface area is 109 Å². The molecule has 1 unspecified atom stereocenters. The number of likely N-dealkylation sites (tertiary alicyclic amines) is 1. The largest absolute Gasteiger partial charge is 0.492 e. The minimum Gasteiger partial charge on any atom is -0.492 e. The molecule has 1 aromatic rings. The third kappa shape index (κ3) is 2.52. The molecule has 18 heavy (non-hydrogen) atoms. The molecule has 1 N–H and O–H groups in total. The molecule has 3 heteroatoms. The standard InChI is InChI=1S/C15H22N2O/c1-17-8-2-3-14(17)11-18-15-5-4-13-10-16-7-6-12(13)9-15/h4-5,9,14,16H,2-3,6-8,10-11H2,1H3. The molecule has 3 rings (SSSR count). The first-order chi connectivity index (χ1) is 8.83. The highest BCUT2D eigenvalue weighted by atomic mass is 16.5. The van der Waals surface area contributed by atoms with E-state index in [4.69, 9.17) is 4.74 Å². The van der Waals surface area contributed by atoms with Crippen molar-refractivity contribution in [2.75, 3.05) is 26.7 Å². The monoisotopic (exact) mass is 246 g/mol. The van der Waals surface area contributed by atoms with Gasteiger partial charge in [-0.1, -0.05) is 6.07 Å². The molecule has 0 spiro atoms. The third-order valence-electron chi connectivity index (χ3n) is 4.18. The summed E-state index contributed by atoms with van der Waals surface area (Å²) in [6, 6.07) is 7.14. The molecule has 0 radical (unpaired) electrons. The van der Waals surface area contributed by atoms with Crippen LogP contribution in [0.5, 0.6) is 5.75 Å². The van der Waals surface area contributed by atoms with E-state index in [-0.39, 0.29) is 0 Å². The molecule has 0 aromatic heterocycles. The van der Waals surface area contributed by atoms with Gasteiger partial charge in [0, 0.05) is 12.6 Å². The summed E-state index contributed by atoms with van der Waals surface area (Å²) in [6.07, 6.45) is 3.70. The molecule has 2 aliphatic rings. The van der Waals surface area contributed by atoms with E-state index in [1.165, 1.54) is 30.5 Å². The van der Waals surface area contributed by atoms with Gasteiger partial charge >= 0.3 is 0 Å². The van der Waals surface area contributed by atoms with E-state index >= 15 is 0 Å². The lowest BCUT2D eigenvalue weighted by Crippen LogP contribution is -2.30. The predicted molar refractivity (Wildman–Crippen MR) is 73.0 cm³/mol. The highest BCUT2D eigenvalue weighted by molar-refractivity contribution is 5.37. The van der Waals surface area contributed by atoms with E-state index in [1.807, 2.05) is 0 Å². The summed E-state index contributed by atoms with van der Waals surface area (Å²) in [6.45, 7) is 4.13. The summed E-state index contributed by atoms with van der Waals surface area (Å²) in [5.74, 6) is 1.04. The summed E-state index contributed by atoms with van der Waals surface area (Å²) in [5, 5.41) is 3.40. The molecule has 0 amide bonds. The van der Waals surface area contributed by atoms with Crippen molar-refractivity contribution in [2.45, 2.75) is 31.8 Å². The van der Waals surface area contributed by atoms with Gasteiger partial charge in [0.05, 0.1) is 0 Å². The molecule has 0 aliphatic carbocycles. The lowest BCUT2D eigenvalue weighted by molar-refractivity contribution is 0.198. The van der Waals surface area contributed by atoms with Crippen molar-refractivity contribution < 1.29 is 4.74 Å². The summed E-state index contributed by atoms with van der Waals surface area (Å²) in [7, 11) is 2.19. The Hall–Kier alpha value is -1.06. The molecule has 1 fully saturated rings. The summed E-state index contributed by atoms with van der Waals surface area (Å²) < 4.78 is 5.96. The molecular formula is C15H22N2O. The fourth-order valence-electron chi connectivity index (χ4n) is 2.93. The normalized spacial score (nSPS) is 23.9. The lowest BCUT2D eigenvalue weighted by atomic mass is 10.0. The van der Waals surface area contributed by atoms with Gasteiger partial charge < -0.3 is 15.0 Å². The topological polar surface area (TPSA) is 24.5 Å². The van der Waals surface area contributed by atoms with Gasteiger partial charge in [-0.15, -0.1) is 0 Å². The average Bonchev–Trinajstić information content (AvgIpc) is 2.82. The SMILES string of the molecule is CN1CCCC1COc1ccc2c(c1)CCNC2. The second-order valence-corrected chi connectivity index (χ2v) is 5.44. The number of rotatable bonds is 3. The van der Waals surface area contributed by atoms with Crippen molar-refractivity contribution in [3.63, 3.8) is 0 Å². The zero-order valence-electron chi connectivity index (χ0n) is 11.1. The minimum absolute atomic E-state index is 0.600. The van der Waals surface area contributed by atoms with Gasteiger partial charge in [0.15, 0.2) is 0 Å². The van der Waals surface area contributed by atoms with Gasteiger partial charge in [0.1, 0.15) is 12.4 Å². The highest BCUT2D eigenvalue weighted by Gasteiger charge is 2.21. The number of nitrogens with one attached hydrogen (secondary N) is 1. The van der Waals surface area contributed by atoms with Crippen LogP contribution in [0.1, 0.15) is 24.0 Å². The van der Waals surface area contributed by atoms with Crippen LogP contribution in [-0.2, 0) is 13.0 Å². The summed E-state index contributed by atoms with van der Waals surface area (Å²) >= 11 is 0. The first-order valence-electron chi connectivity index (χ1n) is 6.98. The first-order valence-corrected chi connectivity index (χ1v) is 6.98. The molecular weight excluding hydrogens is 224 g/mol. The Morgan fingerprint density at radius 1 is 1.39 bits per heavy atom. The molecule has 1 aromatic carbocycles. The molecule has 2 aliphatic heterocycles.